The normalized spacial score (nSPS) is 14.3. The quantitative estimate of drug-likeness (QED) is 0.150. The molecule has 0 spiro atoms. The third kappa shape index (κ3) is 5.18. The van der Waals surface area contributed by atoms with E-state index in [1.165, 1.54) is 13.2 Å². The number of methoxy groups -OCH3 is 2. The fourth-order valence-corrected chi connectivity index (χ4v) is 4.92. The Bertz CT molecular complexity index is 1560. The number of phenolic OH excluding ortho intramolecular Hbond substituents is 2. The van der Waals surface area contributed by atoms with Crippen molar-refractivity contribution in [2.75, 3.05) is 14.2 Å². The van der Waals surface area contributed by atoms with Crippen LogP contribution in [0.15, 0.2) is 72.8 Å². The highest BCUT2D eigenvalue weighted by molar-refractivity contribution is 5.92. The Morgan fingerprint density at radius 2 is 1.52 bits per heavy atom. The predicted octanol–water partition coefficient (Wildman–Crippen LogP) is 6.88. The van der Waals surface area contributed by atoms with E-state index in [1.54, 1.807) is 62.6 Å². The number of carbonyl (C=O) groups excluding carboxylic acids is 1. The second kappa shape index (κ2) is 11.5. The number of fused-ring (bicyclic) bond motifs is 1. The predicted molar refractivity (Wildman–Crippen MR) is 153 cm³/mol. The molecule has 0 saturated carbocycles. The van der Waals surface area contributed by atoms with Crippen molar-refractivity contribution in [3.05, 3.63) is 106 Å². The molecular formula is C33H30O7. The van der Waals surface area contributed by atoms with Crippen molar-refractivity contribution < 1.29 is 34.0 Å². The summed E-state index contributed by atoms with van der Waals surface area (Å²) in [4.78, 5) is 12.9. The van der Waals surface area contributed by atoms with Crippen molar-refractivity contribution in [3.63, 3.8) is 0 Å². The molecule has 204 valence electrons. The first-order valence-electron chi connectivity index (χ1n) is 12.9. The van der Waals surface area contributed by atoms with Crippen molar-refractivity contribution >= 4 is 18.1 Å². The molecule has 1 atom stereocenters. The fraction of sp³-hybridized carbons (Fsp3) is 0.182. The van der Waals surface area contributed by atoms with E-state index in [1.807, 2.05) is 30.3 Å². The minimum Gasteiger partial charge on any atom is -0.507 e. The Hall–Kier alpha value is -4.91. The van der Waals surface area contributed by atoms with Crippen LogP contribution in [0, 0.1) is 6.92 Å². The minimum atomic E-state index is -0.584. The van der Waals surface area contributed by atoms with Gasteiger partial charge in [-0.2, -0.15) is 0 Å². The molecule has 7 nitrogen and oxygen atoms in total. The number of phenols is 2. The summed E-state index contributed by atoms with van der Waals surface area (Å²) in [5, 5.41) is 21.6. The zero-order valence-corrected chi connectivity index (χ0v) is 22.5. The highest BCUT2D eigenvalue weighted by atomic mass is 16.5. The zero-order chi connectivity index (χ0) is 28.2. The molecule has 5 rings (SSSR count). The molecule has 40 heavy (non-hydrogen) atoms. The Morgan fingerprint density at radius 3 is 2.20 bits per heavy atom. The van der Waals surface area contributed by atoms with Gasteiger partial charge in [-0.05, 0) is 49.6 Å². The molecule has 1 aliphatic rings. The lowest BCUT2D eigenvalue weighted by atomic mass is 9.94. The monoisotopic (exact) mass is 538 g/mol. The maximum Gasteiger partial charge on any atom is 0.343 e. The molecule has 0 bridgehead atoms. The summed E-state index contributed by atoms with van der Waals surface area (Å²) >= 11 is 0. The van der Waals surface area contributed by atoms with Gasteiger partial charge in [0.25, 0.3) is 0 Å². The van der Waals surface area contributed by atoms with Gasteiger partial charge >= 0.3 is 5.97 Å². The number of rotatable bonds is 7. The molecule has 2 N–H and O–H groups in total. The third-order valence-corrected chi connectivity index (χ3v) is 7.00. The van der Waals surface area contributed by atoms with Gasteiger partial charge < -0.3 is 29.2 Å². The van der Waals surface area contributed by atoms with Crippen LogP contribution in [0.5, 0.6) is 34.5 Å². The van der Waals surface area contributed by atoms with Crippen LogP contribution in [-0.4, -0.2) is 30.4 Å². The molecule has 7 heteroatoms. The zero-order valence-electron chi connectivity index (χ0n) is 22.5. The van der Waals surface area contributed by atoms with E-state index >= 15 is 0 Å². The first-order valence-corrected chi connectivity index (χ1v) is 12.9. The van der Waals surface area contributed by atoms with E-state index < -0.39 is 5.97 Å². The van der Waals surface area contributed by atoms with Crippen molar-refractivity contribution in [2.45, 2.75) is 25.9 Å². The van der Waals surface area contributed by atoms with E-state index in [2.05, 4.69) is 0 Å². The molecule has 1 unspecified atom stereocenters. The van der Waals surface area contributed by atoms with Gasteiger partial charge in [0.2, 0.25) is 0 Å². The van der Waals surface area contributed by atoms with Crippen molar-refractivity contribution in [2.24, 2.45) is 0 Å². The van der Waals surface area contributed by atoms with E-state index in [4.69, 9.17) is 18.9 Å². The van der Waals surface area contributed by atoms with Gasteiger partial charge in [0.15, 0.2) is 0 Å². The molecule has 0 aromatic heterocycles. The van der Waals surface area contributed by atoms with Gasteiger partial charge in [0.1, 0.15) is 40.6 Å². The van der Waals surface area contributed by atoms with Crippen LogP contribution in [0.4, 0.5) is 0 Å². The maximum absolute atomic E-state index is 12.9. The third-order valence-electron chi connectivity index (χ3n) is 7.00. The number of ether oxygens (including phenoxy) is 4. The average molecular weight is 539 g/mol. The van der Waals surface area contributed by atoms with Crippen molar-refractivity contribution in [1.29, 1.82) is 0 Å². The number of carbonyl (C=O) groups is 1. The van der Waals surface area contributed by atoms with Crippen LogP contribution in [0.1, 0.15) is 50.7 Å². The molecule has 4 aromatic carbocycles. The Balaban J connectivity index is 1.59. The molecule has 1 aliphatic heterocycles. The van der Waals surface area contributed by atoms with E-state index in [0.29, 0.717) is 45.9 Å². The highest BCUT2D eigenvalue weighted by Crippen LogP contribution is 2.47. The number of esters is 1. The number of hydrogen-bond donors (Lipinski definition) is 2. The fourth-order valence-electron chi connectivity index (χ4n) is 4.92. The highest BCUT2D eigenvalue weighted by Gasteiger charge is 2.28. The van der Waals surface area contributed by atoms with E-state index in [9.17, 15) is 15.0 Å². The summed E-state index contributed by atoms with van der Waals surface area (Å²) in [7, 11) is 3.04. The van der Waals surface area contributed by atoms with Gasteiger partial charge in [0, 0.05) is 23.3 Å². The lowest BCUT2D eigenvalue weighted by Crippen LogP contribution is -2.16. The Morgan fingerprint density at radius 1 is 0.875 bits per heavy atom. The Labute approximate surface area is 232 Å². The van der Waals surface area contributed by atoms with Crippen LogP contribution >= 0.6 is 0 Å². The smallest absolute Gasteiger partial charge is 0.343 e. The van der Waals surface area contributed by atoms with Crippen LogP contribution in [0.25, 0.3) is 12.2 Å². The molecule has 0 radical (unpaired) electrons. The van der Waals surface area contributed by atoms with Gasteiger partial charge in [-0.15, -0.1) is 0 Å². The van der Waals surface area contributed by atoms with Crippen LogP contribution in [0.3, 0.4) is 0 Å². The second-order valence-corrected chi connectivity index (χ2v) is 9.43. The first kappa shape index (κ1) is 26.7. The van der Waals surface area contributed by atoms with Gasteiger partial charge in [-0.3, -0.25) is 0 Å². The SMILES string of the molecule is COc1cc(O)c(C=Cc2c(OC(=O)c3ccccc3)cc(O)c(C)c2OC)c2c1CCC(c1ccccc1)O2. The largest absolute Gasteiger partial charge is 0.507 e. The van der Waals surface area contributed by atoms with E-state index in [-0.39, 0.29) is 23.4 Å². The molecule has 0 fully saturated rings. The first-order chi connectivity index (χ1) is 19.4. The van der Waals surface area contributed by atoms with Gasteiger partial charge in [0.05, 0.1) is 30.9 Å². The molecular weight excluding hydrogens is 508 g/mol. The summed E-state index contributed by atoms with van der Waals surface area (Å²) in [5.74, 6) is 0.810. The molecule has 0 amide bonds. The number of hydrogen-bond acceptors (Lipinski definition) is 7. The average Bonchev–Trinajstić information content (AvgIpc) is 2.99. The molecule has 0 saturated heterocycles. The minimum absolute atomic E-state index is 0.0298. The van der Waals surface area contributed by atoms with Crippen LogP contribution < -0.4 is 18.9 Å². The standard InChI is InChI=1S/C33H30O7/c1-20-26(34)18-30(40-33(36)22-12-8-5-9-13-22)25(31(20)38-3)15-14-23-27(35)19-29(37-2)24-16-17-28(39-32(23)24)21-10-6-4-7-11-21/h4-15,18-19,28,34-35H,16-17H2,1-3H3. The lowest BCUT2D eigenvalue weighted by Gasteiger charge is -2.29. The number of aromatic hydroxyl groups is 2. The molecule has 0 aliphatic carbocycles. The summed E-state index contributed by atoms with van der Waals surface area (Å²) < 4.78 is 23.3. The summed E-state index contributed by atoms with van der Waals surface area (Å²) in [6.07, 6.45) is 4.62. The van der Waals surface area contributed by atoms with Crippen LogP contribution in [0.2, 0.25) is 0 Å². The second-order valence-electron chi connectivity index (χ2n) is 9.43. The summed E-state index contributed by atoms with van der Waals surface area (Å²) in [6.45, 7) is 1.70. The molecule has 4 aromatic rings. The summed E-state index contributed by atoms with van der Waals surface area (Å²) in [6, 6.07) is 21.4. The van der Waals surface area contributed by atoms with E-state index in [0.717, 1.165) is 17.5 Å². The van der Waals surface area contributed by atoms with Crippen LogP contribution in [-0.2, 0) is 6.42 Å². The Kier molecular flexibility index (Phi) is 7.64. The van der Waals surface area contributed by atoms with Crippen molar-refractivity contribution in [3.8, 4) is 34.5 Å². The summed E-state index contributed by atoms with van der Waals surface area (Å²) in [5.41, 5.74) is 3.60. The van der Waals surface area contributed by atoms with Crippen molar-refractivity contribution in [1.82, 2.24) is 0 Å². The number of benzene rings is 4. The topological polar surface area (TPSA) is 94.5 Å². The molecule has 1 heterocycles. The van der Waals surface area contributed by atoms with Gasteiger partial charge in [-0.1, -0.05) is 48.5 Å². The van der Waals surface area contributed by atoms with Gasteiger partial charge in [-0.25, -0.2) is 4.79 Å². The maximum atomic E-state index is 12.9. The lowest BCUT2D eigenvalue weighted by molar-refractivity contribution is 0.0733.